The molecule has 0 aliphatic carbocycles. The first kappa shape index (κ1) is 20.6. The van der Waals surface area contributed by atoms with Crippen LogP contribution in [0.1, 0.15) is 34.0 Å². The van der Waals surface area contributed by atoms with Crippen molar-refractivity contribution in [3.8, 4) is 17.4 Å². The van der Waals surface area contributed by atoms with E-state index in [0.717, 1.165) is 56.0 Å². The molecule has 4 aromatic carbocycles. The van der Waals surface area contributed by atoms with Crippen LogP contribution >= 0.6 is 0 Å². The zero-order valence-corrected chi connectivity index (χ0v) is 19.6. The molecule has 7 rings (SSSR count). The zero-order valence-electron chi connectivity index (χ0n) is 19.6. The first-order chi connectivity index (χ1) is 17.8. The molecule has 0 N–H and O–H groups in total. The first-order valence-electron chi connectivity index (χ1n) is 11.9. The molecule has 6 heteroatoms. The first-order valence-corrected chi connectivity index (χ1v) is 11.9. The highest BCUT2D eigenvalue weighted by Crippen LogP contribution is 2.50. The van der Waals surface area contributed by atoms with Crippen molar-refractivity contribution in [2.75, 3.05) is 7.11 Å². The zero-order chi connectivity index (χ0) is 24.1. The fourth-order valence-electron chi connectivity index (χ4n) is 5.13. The van der Waals surface area contributed by atoms with Gasteiger partial charge in [-0.05, 0) is 40.1 Å². The number of rotatable bonds is 4. The summed E-state index contributed by atoms with van der Waals surface area (Å²) in [6.45, 7) is 0. The number of benzene rings is 4. The predicted molar refractivity (Wildman–Crippen MR) is 138 cm³/mol. The van der Waals surface area contributed by atoms with Gasteiger partial charge in [-0.3, -0.25) is 0 Å². The third-order valence-corrected chi connectivity index (χ3v) is 6.80. The minimum absolute atomic E-state index is 0.134. The summed E-state index contributed by atoms with van der Waals surface area (Å²) in [7, 11) is 1.68. The normalized spacial score (nSPS) is 14.3. The largest absolute Gasteiger partial charge is 0.497 e. The molecule has 0 fully saturated rings. The van der Waals surface area contributed by atoms with Crippen LogP contribution in [0.15, 0.2) is 97.3 Å². The smallest absolute Gasteiger partial charge is 0.228 e. The van der Waals surface area contributed by atoms with Gasteiger partial charge in [0.05, 0.1) is 12.7 Å². The lowest BCUT2D eigenvalue weighted by atomic mass is 9.81. The monoisotopic (exact) mass is 470 g/mol. The van der Waals surface area contributed by atoms with Gasteiger partial charge in [-0.2, -0.15) is 0 Å². The fraction of sp³-hybridized carbons (Fsp3) is 0.100. The number of methoxy groups -OCH3 is 1. The van der Waals surface area contributed by atoms with Gasteiger partial charge in [-0.1, -0.05) is 72.8 Å². The van der Waals surface area contributed by atoms with Crippen molar-refractivity contribution < 1.29 is 9.47 Å². The van der Waals surface area contributed by atoms with Gasteiger partial charge in [0, 0.05) is 17.9 Å². The Balaban J connectivity index is 1.47. The maximum absolute atomic E-state index is 6.40. The summed E-state index contributed by atoms with van der Waals surface area (Å²) >= 11 is 0. The van der Waals surface area contributed by atoms with E-state index in [4.69, 9.17) is 19.6 Å². The van der Waals surface area contributed by atoms with Gasteiger partial charge >= 0.3 is 0 Å². The van der Waals surface area contributed by atoms with Gasteiger partial charge in [-0.15, -0.1) is 5.10 Å². The van der Waals surface area contributed by atoms with Crippen molar-refractivity contribution in [3.05, 3.63) is 125 Å². The lowest BCUT2D eigenvalue weighted by Gasteiger charge is -2.29. The van der Waals surface area contributed by atoms with Crippen molar-refractivity contribution >= 4 is 16.4 Å². The van der Waals surface area contributed by atoms with Crippen molar-refractivity contribution in [3.63, 3.8) is 0 Å². The Morgan fingerprint density at radius 2 is 1.67 bits per heavy atom. The summed E-state index contributed by atoms with van der Waals surface area (Å²) in [4.78, 5) is 9.66. The van der Waals surface area contributed by atoms with Gasteiger partial charge in [0.15, 0.2) is 11.5 Å². The van der Waals surface area contributed by atoms with Gasteiger partial charge in [0.1, 0.15) is 17.8 Å². The van der Waals surface area contributed by atoms with Crippen molar-refractivity contribution in [2.45, 2.75) is 12.3 Å². The lowest BCUT2D eigenvalue weighted by molar-refractivity contribution is 0.414. The highest BCUT2D eigenvalue weighted by atomic mass is 16.5. The highest BCUT2D eigenvalue weighted by molar-refractivity contribution is 5.90. The maximum atomic E-state index is 6.40. The van der Waals surface area contributed by atoms with Crippen LogP contribution in [0, 0.1) is 0 Å². The molecule has 1 atom stereocenters. The van der Waals surface area contributed by atoms with Gasteiger partial charge in [0.25, 0.3) is 0 Å². The molecule has 0 spiro atoms. The Kier molecular flexibility index (Phi) is 4.70. The minimum atomic E-state index is -0.134. The van der Waals surface area contributed by atoms with E-state index in [1.807, 2.05) is 36.4 Å². The van der Waals surface area contributed by atoms with E-state index in [9.17, 15) is 0 Å². The maximum Gasteiger partial charge on any atom is 0.228 e. The van der Waals surface area contributed by atoms with Crippen LogP contribution in [-0.2, 0) is 6.42 Å². The molecule has 0 bridgehead atoms. The molecule has 0 unspecified atom stereocenters. The minimum Gasteiger partial charge on any atom is -0.497 e. The number of nitrogens with zero attached hydrogens (tertiary/aromatic N) is 4. The molecule has 6 aromatic rings. The van der Waals surface area contributed by atoms with Gasteiger partial charge in [-0.25, -0.2) is 14.5 Å². The molecular weight excluding hydrogens is 448 g/mol. The highest BCUT2D eigenvalue weighted by Gasteiger charge is 2.34. The average Bonchev–Trinajstić information content (AvgIpc) is 3.35. The summed E-state index contributed by atoms with van der Waals surface area (Å²) < 4.78 is 13.6. The third-order valence-electron chi connectivity index (χ3n) is 6.80. The van der Waals surface area contributed by atoms with E-state index in [0.29, 0.717) is 12.3 Å². The van der Waals surface area contributed by atoms with Crippen LogP contribution in [0.25, 0.3) is 16.4 Å². The van der Waals surface area contributed by atoms with E-state index in [-0.39, 0.29) is 5.92 Å². The molecule has 2 aromatic heterocycles. The van der Waals surface area contributed by atoms with Crippen LogP contribution in [0.5, 0.6) is 17.4 Å². The average molecular weight is 471 g/mol. The van der Waals surface area contributed by atoms with E-state index >= 15 is 0 Å². The number of aromatic nitrogens is 4. The second-order valence-corrected chi connectivity index (χ2v) is 8.93. The second-order valence-electron chi connectivity index (χ2n) is 8.93. The number of ether oxygens (including phenoxy) is 2. The Labute approximate surface area is 207 Å². The molecule has 6 nitrogen and oxygen atoms in total. The Hall–Kier alpha value is -4.71. The van der Waals surface area contributed by atoms with Crippen molar-refractivity contribution in [2.24, 2.45) is 0 Å². The summed E-state index contributed by atoms with van der Waals surface area (Å²) in [5, 5.41) is 7.06. The molecule has 0 radical (unpaired) electrons. The molecular formula is C30H22N4O2. The van der Waals surface area contributed by atoms with Crippen LogP contribution in [0.2, 0.25) is 0 Å². The standard InChI is InChI=1S/C30H22N4O2/c1-35-22-14-11-21(12-15-22)26-27-23-10-6-5-9-20(23)13-16-24(27)36-30-28(26)29-32-25(33-34(29)18-31-30)17-19-7-3-2-4-8-19/h2-16,18,26H,17H2,1H3/t26-/m0/s1. The Morgan fingerprint density at radius 3 is 2.50 bits per heavy atom. The number of hydrogen-bond acceptors (Lipinski definition) is 5. The SMILES string of the molecule is COc1ccc([C@H]2c3c(ccc4ccccc34)Oc3ncn4nc(Cc5ccccc5)nc4c32)cc1. The Morgan fingerprint density at radius 1 is 0.861 bits per heavy atom. The number of hydrogen-bond donors (Lipinski definition) is 0. The van der Waals surface area contributed by atoms with Crippen LogP contribution in [0.3, 0.4) is 0 Å². The summed E-state index contributed by atoms with van der Waals surface area (Å²) in [6.07, 6.45) is 2.33. The van der Waals surface area contributed by atoms with Crippen LogP contribution in [-0.4, -0.2) is 26.7 Å². The molecule has 174 valence electrons. The van der Waals surface area contributed by atoms with E-state index < -0.39 is 0 Å². The van der Waals surface area contributed by atoms with Crippen LogP contribution < -0.4 is 9.47 Å². The van der Waals surface area contributed by atoms with Gasteiger partial charge < -0.3 is 9.47 Å². The molecule has 1 aliphatic heterocycles. The second kappa shape index (κ2) is 8.20. The van der Waals surface area contributed by atoms with Crippen molar-refractivity contribution in [1.29, 1.82) is 0 Å². The van der Waals surface area contributed by atoms with E-state index in [2.05, 4.69) is 59.6 Å². The summed E-state index contributed by atoms with van der Waals surface area (Å²) in [5.74, 6) is 2.79. The third kappa shape index (κ3) is 3.30. The predicted octanol–water partition coefficient (Wildman–Crippen LogP) is 6.16. The Bertz CT molecular complexity index is 1730. The van der Waals surface area contributed by atoms with Gasteiger partial charge in [0.2, 0.25) is 5.88 Å². The number of fused-ring (bicyclic) bond motifs is 6. The fourth-order valence-corrected chi connectivity index (χ4v) is 5.13. The summed E-state index contributed by atoms with van der Waals surface area (Å²) in [6, 6.07) is 31.0. The molecule has 3 heterocycles. The summed E-state index contributed by atoms with van der Waals surface area (Å²) in [5.41, 5.74) is 5.05. The van der Waals surface area contributed by atoms with E-state index in [1.165, 1.54) is 0 Å². The molecule has 0 amide bonds. The lowest BCUT2D eigenvalue weighted by Crippen LogP contribution is -2.15. The molecule has 0 saturated carbocycles. The molecule has 0 saturated heterocycles. The quantitative estimate of drug-likeness (QED) is 0.308. The van der Waals surface area contributed by atoms with Crippen molar-refractivity contribution in [1.82, 2.24) is 19.6 Å². The molecule has 36 heavy (non-hydrogen) atoms. The topological polar surface area (TPSA) is 61.5 Å². The van der Waals surface area contributed by atoms with E-state index in [1.54, 1.807) is 18.0 Å². The van der Waals surface area contributed by atoms with Crippen LogP contribution in [0.4, 0.5) is 0 Å². The molecule has 1 aliphatic rings.